The van der Waals surface area contributed by atoms with Crippen LogP contribution >= 0.6 is 0 Å². The van der Waals surface area contributed by atoms with Crippen molar-refractivity contribution in [2.24, 2.45) is 0 Å². The summed E-state index contributed by atoms with van der Waals surface area (Å²) in [5.74, 6) is 0.0584. The minimum absolute atomic E-state index is 0.0500. The van der Waals surface area contributed by atoms with Crippen LogP contribution in [0.4, 0.5) is 17.1 Å². The number of anilines is 3. The highest BCUT2D eigenvalue weighted by molar-refractivity contribution is 6.13. The number of hydrogen-bond donors (Lipinski definition) is 4. The first kappa shape index (κ1) is 24.2. The van der Waals surface area contributed by atoms with Crippen LogP contribution in [0.25, 0.3) is 11.1 Å². The van der Waals surface area contributed by atoms with E-state index < -0.39 is 0 Å². The molecule has 2 aliphatic rings. The van der Waals surface area contributed by atoms with Crippen molar-refractivity contribution in [3.63, 3.8) is 0 Å². The molecule has 2 aliphatic heterocycles. The van der Waals surface area contributed by atoms with Crippen LogP contribution in [0.1, 0.15) is 40.0 Å². The molecule has 0 bridgehead atoms. The molecule has 0 aliphatic carbocycles. The summed E-state index contributed by atoms with van der Waals surface area (Å²) in [4.78, 5) is 39.2. The Hall–Kier alpha value is -4.53. The van der Waals surface area contributed by atoms with Gasteiger partial charge in [-0.05, 0) is 66.4 Å². The molecular formula is C28H28N4O5. The van der Waals surface area contributed by atoms with Gasteiger partial charge in [-0.3, -0.25) is 14.4 Å². The first-order valence-corrected chi connectivity index (χ1v) is 12.2. The number of phenolic OH excluding ortho intramolecular Hbond substituents is 1. The first-order chi connectivity index (χ1) is 17.9. The van der Waals surface area contributed by atoms with Crippen molar-refractivity contribution >= 4 is 34.8 Å². The molecule has 37 heavy (non-hydrogen) atoms. The van der Waals surface area contributed by atoms with Gasteiger partial charge in [0.1, 0.15) is 0 Å². The summed E-state index contributed by atoms with van der Waals surface area (Å²) < 4.78 is 5.21. The summed E-state index contributed by atoms with van der Waals surface area (Å²) >= 11 is 0. The second-order valence-electron chi connectivity index (χ2n) is 9.08. The van der Waals surface area contributed by atoms with Gasteiger partial charge in [-0.15, -0.1) is 0 Å². The molecule has 3 aromatic rings. The first-order valence-electron chi connectivity index (χ1n) is 12.2. The predicted molar refractivity (Wildman–Crippen MR) is 141 cm³/mol. The van der Waals surface area contributed by atoms with Crippen molar-refractivity contribution in [1.82, 2.24) is 10.2 Å². The van der Waals surface area contributed by atoms with Gasteiger partial charge in [0.2, 0.25) is 5.91 Å². The molecule has 9 heteroatoms. The number of likely N-dealkylation sites (tertiary alicyclic amines) is 1. The molecule has 3 amide bonds. The predicted octanol–water partition coefficient (Wildman–Crippen LogP) is 4.12. The number of aromatic hydroxyl groups is 1. The van der Waals surface area contributed by atoms with Crippen molar-refractivity contribution in [1.29, 1.82) is 0 Å². The van der Waals surface area contributed by atoms with Crippen LogP contribution in [0.2, 0.25) is 0 Å². The lowest BCUT2D eigenvalue weighted by molar-refractivity contribution is -0.127. The van der Waals surface area contributed by atoms with E-state index in [2.05, 4.69) is 16.0 Å². The fraction of sp³-hybridized carbons (Fsp3) is 0.250. The van der Waals surface area contributed by atoms with E-state index in [1.807, 2.05) is 17.0 Å². The monoisotopic (exact) mass is 500 g/mol. The third kappa shape index (κ3) is 5.06. The minimum atomic E-state index is -0.288. The summed E-state index contributed by atoms with van der Waals surface area (Å²) in [7, 11) is 1.49. The molecule has 2 heterocycles. The van der Waals surface area contributed by atoms with E-state index in [4.69, 9.17) is 4.74 Å². The lowest BCUT2D eigenvalue weighted by Crippen LogP contribution is -2.30. The Labute approximate surface area is 214 Å². The number of rotatable bonds is 7. The highest BCUT2D eigenvalue weighted by Gasteiger charge is 2.22. The smallest absolute Gasteiger partial charge is 0.257 e. The number of benzene rings is 3. The number of carbonyl (C=O) groups excluding carboxylic acids is 3. The van der Waals surface area contributed by atoms with Crippen LogP contribution in [0.5, 0.6) is 11.5 Å². The fourth-order valence-electron chi connectivity index (χ4n) is 4.63. The summed E-state index contributed by atoms with van der Waals surface area (Å²) in [5.41, 5.74) is 4.35. The Balaban J connectivity index is 1.30. The van der Waals surface area contributed by atoms with Gasteiger partial charge in [-0.25, -0.2) is 0 Å². The maximum absolute atomic E-state index is 13.0. The molecule has 0 atom stereocenters. The van der Waals surface area contributed by atoms with E-state index in [9.17, 15) is 19.5 Å². The van der Waals surface area contributed by atoms with Crippen LogP contribution in [-0.4, -0.2) is 54.5 Å². The molecule has 0 radical (unpaired) electrons. The maximum Gasteiger partial charge on any atom is 0.257 e. The van der Waals surface area contributed by atoms with E-state index in [1.54, 1.807) is 42.5 Å². The number of amides is 3. The average Bonchev–Trinajstić information content (AvgIpc) is 3.25. The van der Waals surface area contributed by atoms with Gasteiger partial charge in [0.05, 0.1) is 29.7 Å². The molecule has 0 spiro atoms. The molecule has 190 valence electrons. The SMILES string of the molecule is COc1cc(-c2ccc3c(c2)Nc2ccc(C(=O)NCCCN4CCCC4=O)cc2NC3=O)ccc1O. The molecule has 1 fully saturated rings. The third-order valence-electron chi connectivity index (χ3n) is 6.64. The number of ether oxygens (including phenoxy) is 1. The quantitative estimate of drug-likeness (QED) is 0.362. The van der Waals surface area contributed by atoms with Gasteiger partial charge in [-0.1, -0.05) is 12.1 Å². The number of hydrogen-bond acceptors (Lipinski definition) is 6. The molecule has 5 rings (SSSR count). The molecule has 4 N–H and O–H groups in total. The van der Waals surface area contributed by atoms with Crippen molar-refractivity contribution in [3.8, 4) is 22.6 Å². The third-order valence-corrected chi connectivity index (χ3v) is 6.64. The summed E-state index contributed by atoms with van der Waals surface area (Å²) in [6.45, 7) is 1.89. The number of nitrogens with one attached hydrogen (secondary N) is 3. The summed E-state index contributed by atoms with van der Waals surface area (Å²) in [6.07, 6.45) is 2.19. The lowest BCUT2D eigenvalue weighted by Gasteiger charge is -2.15. The Morgan fingerprint density at radius 3 is 2.59 bits per heavy atom. The van der Waals surface area contributed by atoms with Gasteiger partial charge in [-0.2, -0.15) is 0 Å². The second-order valence-corrected chi connectivity index (χ2v) is 9.08. The summed E-state index contributed by atoms with van der Waals surface area (Å²) in [6, 6.07) is 15.6. The van der Waals surface area contributed by atoms with Crippen molar-refractivity contribution in [3.05, 3.63) is 65.7 Å². The van der Waals surface area contributed by atoms with E-state index in [1.165, 1.54) is 7.11 Å². The topological polar surface area (TPSA) is 120 Å². The minimum Gasteiger partial charge on any atom is -0.504 e. The average molecular weight is 501 g/mol. The molecule has 0 aromatic heterocycles. The zero-order valence-electron chi connectivity index (χ0n) is 20.5. The Morgan fingerprint density at radius 2 is 1.81 bits per heavy atom. The molecule has 1 saturated heterocycles. The van der Waals surface area contributed by atoms with E-state index >= 15 is 0 Å². The van der Waals surface area contributed by atoms with Crippen LogP contribution < -0.4 is 20.7 Å². The molecule has 0 saturated carbocycles. The molecular weight excluding hydrogens is 472 g/mol. The van der Waals surface area contributed by atoms with Gasteiger partial charge < -0.3 is 30.7 Å². The van der Waals surface area contributed by atoms with Crippen molar-refractivity contribution < 1.29 is 24.2 Å². The highest BCUT2D eigenvalue weighted by Crippen LogP contribution is 2.37. The highest BCUT2D eigenvalue weighted by atomic mass is 16.5. The molecule has 3 aromatic carbocycles. The zero-order valence-corrected chi connectivity index (χ0v) is 20.5. The van der Waals surface area contributed by atoms with Gasteiger partial charge >= 0.3 is 0 Å². The van der Waals surface area contributed by atoms with Crippen LogP contribution in [0.3, 0.4) is 0 Å². The normalized spacial score (nSPS) is 14.2. The number of carbonyl (C=O) groups is 3. The number of fused-ring (bicyclic) bond motifs is 2. The molecule has 9 nitrogen and oxygen atoms in total. The maximum atomic E-state index is 13.0. The van der Waals surface area contributed by atoms with Crippen molar-refractivity contribution in [2.75, 3.05) is 37.4 Å². The fourth-order valence-corrected chi connectivity index (χ4v) is 4.63. The van der Waals surface area contributed by atoms with Crippen LogP contribution in [-0.2, 0) is 4.79 Å². The number of nitrogens with zero attached hydrogens (tertiary/aromatic N) is 1. The van der Waals surface area contributed by atoms with E-state index in [0.717, 1.165) is 24.1 Å². The Morgan fingerprint density at radius 1 is 1.00 bits per heavy atom. The summed E-state index contributed by atoms with van der Waals surface area (Å²) in [5, 5.41) is 19.0. The number of methoxy groups -OCH3 is 1. The second kappa shape index (κ2) is 10.2. The standard InChI is InChI=1S/C28H28N4O5/c1-37-25-16-18(7-10-24(25)33)17-5-8-20-22(14-17)30-21-9-6-19(15-23(21)31-28(20)36)27(35)29-11-3-13-32-12-2-4-26(32)34/h5-10,14-16,30,33H,2-4,11-13H2,1H3,(H,29,35)(H,31,36). The largest absolute Gasteiger partial charge is 0.504 e. The Bertz CT molecular complexity index is 1390. The molecule has 0 unspecified atom stereocenters. The van der Waals surface area contributed by atoms with Gasteiger partial charge in [0.25, 0.3) is 11.8 Å². The lowest BCUT2D eigenvalue weighted by atomic mass is 10.0. The van der Waals surface area contributed by atoms with E-state index in [-0.39, 0.29) is 23.5 Å². The van der Waals surface area contributed by atoms with Gasteiger partial charge in [0, 0.05) is 31.6 Å². The van der Waals surface area contributed by atoms with Crippen LogP contribution in [0, 0.1) is 0 Å². The Kier molecular flexibility index (Phi) is 6.68. The number of phenols is 1. The van der Waals surface area contributed by atoms with E-state index in [0.29, 0.717) is 59.9 Å². The van der Waals surface area contributed by atoms with Crippen LogP contribution in [0.15, 0.2) is 54.6 Å². The zero-order chi connectivity index (χ0) is 25.9. The van der Waals surface area contributed by atoms with Gasteiger partial charge in [0.15, 0.2) is 11.5 Å². The van der Waals surface area contributed by atoms with Crippen molar-refractivity contribution in [2.45, 2.75) is 19.3 Å².